The van der Waals surface area contributed by atoms with Gasteiger partial charge in [0.1, 0.15) is 17.3 Å². The van der Waals surface area contributed by atoms with E-state index in [0.717, 1.165) is 11.0 Å². The molecule has 0 aliphatic heterocycles. The van der Waals surface area contributed by atoms with E-state index >= 15 is 0 Å². The zero-order valence-corrected chi connectivity index (χ0v) is 17.0. The van der Waals surface area contributed by atoms with Gasteiger partial charge >= 0.3 is 6.18 Å². The molecule has 0 bridgehead atoms. The van der Waals surface area contributed by atoms with E-state index in [9.17, 15) is 23.5 Å². The topological polar surface area (TPSA) is 135 Å². The Balaban J connectivity index is 1.52. The van der Waals surface area contributed by atoms with Crippen molar-refractivity contribution in [3.05, 3.63) is 78.3 Å². The van der Waals surface area contributed by atoms with Gasteiger partial charge in [0.2, 0.25) is 0 Å². The SMILES string of the molecule is N#Cc1cc(NC(O)c2cnn(-c3cnc4ccccn34)c2C(F)(F)F)cnc1-n1nccn1. The van der Waals surface area contributed by atoms with E-state index in [0.29, 0.717) is 10.3 Å². The molecule has 0 fully saturated rings. The van der Waals surface area contributed by atoms with Crippen LogP contribution in [0.5, 0.6) is 0 Å². The molecule has 170 valence electrons. The molecule has 0 saturated heterocycles. The molecule has 0 amide bonds. The molecular weight excluding hydrogens is 453 g/mol. The van der Waals surface area contributed by atoms with Gasteiger partial charge in [0.15, 0.2) is 23.6 Å². The van der Waals surface area contributed by atoms with Crippen LogP contribution in [0.4, 0.5) is 18.9 Å². The summed E-state index contributed by atoms with van der Waals surface area (Å²) in [7, 11) is 0. The van der Waals surface area contributed by atoms with E-state index in [2.05, 4.69) is 30.6 Å². The fraction of sp³-hybridized carbons (Fsp3) is 0.100. The van der Waals surface area contributed by atoms with E-state index in [1.807, 2.05) is 6.07 Å². The lowest BCUT2D eigenvalue weighted by molar-refractivity contribution is -0.144. The van der Waals surface area contributed by atoms with Gasteiger partial charge in [-0.05, 0) is 18.2 Å². The monoisotopic (exact) mass is 466 g/mol. The van der Waals surface area contributed by atoms with Gasteiger partial charge in [0.05, 0.1) is 42.2 Å². The van der Waals surface area contributed by atoms with Crippen molar-refractivity contribution in [3.8, 4) is 17.7 Å². The number of alkyl halides is 3. The second-order valence-electron chi connectivity index (χ2n) is 6.98. The quantitative estimate of drug-likeness (QED) is 0.377. The number of halogens is 3. The predicted octanol–water partition coefficient (Wildman–Crippen LogP) is 2.49. The number of rotatable bonds is 5. The van der Waals surface area contributed by atoms with Gasteiger partial charge in [-0.15, -0.1) is 4.80 Å². The number of nitrogens with zero attached hydrogens (tertiary/aromatic N) is 9. The highest BCUT2D eigenvalue weighted by atomic mass is 19.4. The van der Waals surface area contributed by atoms with Crippen LogP contribution in [0.1, 0.15) is 23.0 Å². The van der Waals surface area contributed by atoms with E-state index < -0.39 is 23.7 Å². The Bertz CT molecular complexity index is 1510. The highest BCUT2D eigenvalue weighted by Gasteiger charge is 2.41. The first-order valence-corrected chi connectivity index (χ1v) is 9.66. The van der Waals surface area contributed by atoms with Gasteiger partial charge in [-0.2, -0.15) is 33.7 Å². The van der Waals surface area contributed by atoms with Crippen molar-refractivity contribution in [1.82, 2.24) is 39.1 Å². The Hall–Kier alpha value is -4.77. The molecule has 1 atom stereocenters. The smallest absolute Gasteiger partial charge is 0.369 e. The average Bonchev–Trinajstić information content (AvgIpc) is 3.57. The third kappa shape index (κ3) is 3.59. The molecule has 0 aromatic carbocycles. The van der Waals surface area contributed by atoms with Crippen LogP contribution in [-0.4, -0.2) is 44.2 Å². The number of aliphatic hydroxyl groups excluding tert-OH is 1. The minimum Gasteiger partial charge on any atom is -0.369 e. The first kappa shape index (κ1) is 21.1. The molecule has 2 N–H and O–H groups in total. The van der Waals surface area contributed by atoms with E-state index in [1.54, 1.807) is 24.4 Å². The van der Waals surface area contributed by atoms with Crippen LogP contribution in [0.2, 0.25) is 0 Å². The molecule has 5 aromatic heterocycles. The van der Waals surface area contributed by atoms with Gasteiger partial charge in [-0.3, -0.25) is 4.40 Å². The maximum atomic E-state index is 14.1. The van der Waals surface area contributed by atoms with Crippen molar-refractivity contribution in [2.24, 2.45) is 0 Å². The Morgan fingerprint density at radius 3 is 2.59 bits per heavy atom. The predicted molar refractivity (Wildman–Crippen MR) is 110 cm³/mol. The third-order valence-corrected chi connectivity index (χ3v) is 4.87. The number of hydrogen-bond donors (Lipinski definition) is 2. The third-order valence-electron chi connectivity index (χ3n) is 4.87. The first-order valence-electron chi connectivity index (χ1n) is 9.66. The first-order chi connectivity index (χ1) is 16.4. The maximum absolute atomic E-state index is 14.1. The maximum Gasteiger partial charge on any atom is 0.433 e. The molecule has 5 aromatic rings. The largest absolute Gasteiger partial charge is 0.433 e. The minimum absolute atomic E-state index is 0.0471. The number of anilines is 1. The Labute approximate surface area is 188 Å². The summed E-state index contributed by atoms with van der Waals surface area (Å²) in [5.41, 5.74) is -1.11. The molecule has 0 aliphatic carbocycles. The number of nitrogens with one attached hydrogen (secondary N) is 1. The second-order valence-corrected chi connectivity index (χ2v) is 6.98. The molecule has 11 nitrogen and oxygen atoms in total. The summed E-state index contributed by atoms with van der Waals surface area (Å²) in [6, 6.07) is 8.23. The Morgan fingerprint density at radius 2 is 1.85 bits per heavy atom. The zero-order chi connectivity index (χ0) is 23.9. The molecule has 0 radical (unpaired) electrons. The van der Waals surface area contributed by atoms with Gasteiger partial charge in [-0.1, -0.05) is 6.07 Å². The number of pyridine rings is 2. The highest BCUT2D eigenvalue weighted by molar-refractivity contribution is 5.54. The van der Waals surface area contributed by atoms with Gasteiger partial charge in [0.25, 0.3) is 0 Å². The molecule has 14 heteroatoms. The fourth-order valence-corrected chi connectivity index (χ4v) is 3.43. The van der Waals surface area contributed by atoms with Crippen molar-refractivity contribution in [1.29, 1.82) is 5.26 Å². The van der Waals surface area contributed by atoms with Crippen molar-refractivity contribution in [2.75, 3.05) is 5.32 Å². The van der Waals surface area contributed by atoms with Gasteiger partial charge in [-0.25, -0.2) is 14.6 Å². The van der Waals surface area contributed by atoms with Crippen LogP contribution in [0, 0.1) is 11.3 Å². The Kier molecular flexibility index (Phi) is 4.95. The van der Waals surface area contributed by atoms with Crippen LogP contribution in [0.3, 0.4) is 0 Å². The minimum atomic E-state index is -4.85. The number of fused-ring (bicyclic) bond motifs is 1. The summed E-state index contributed by atoms with van der Waals surface area (Å²) in [6.07, 6.45) is 1.11. The molecule has 5 rings (SSSR count). The fourth-order valence-electron chi connectivity index (χ4n) is 3.43. The second kappa shape index (κ2) is 7.98. The summed E-state index contributed by atoms with van der Waals surface area (Å²) >= 11 is 0. The summed E-state index contributed by atoms with van der Waals surface area (Å²) in [5.74, 6) is 0.176. The number of imidazole rings is 1. The molecule has 1 unspecified atom stereocenters. The summed E-state index contributed by atoms with van der Waals surface area (Å²) in [6.45, 7) is 0. The summed E-state index contributed by atoms with van der Waals surface area (Å²) in [5, 5.41) is 34.2. The lowest BCUT2D eigenvalue weighted by Crippen LogP contribution is -2.20. The van der Waals surface area contributed by atoms with Crippen LogP contribution < -0.4 is 5.32 Å². The lowest BCUT2D eigenvalue weighted by atomic mass is 10.2. The van der Waals surface area contributed by atoms with Crippen LogP contribution in [0.15, 0.2) is 61.4 Å². The number of nitriles is 1. The average molecular weight is 466 g/mol. The Morgan fingerprint density at radius 1 is 1.06 bits per heavy atom. The van der Waals surface area contributed by atoms with Crippen LogP contribution in [-0.2, 0) is 6.18 Å². The molecule has 0 aliphatic rings. The van der Waals surface area contributed by atoms with Crippen LogP contribution in [0.25, 0.3) is 17.3 Å². The number of aromatic nitrogens is 8. The summed E-state index contributed by atoms with van der Waals surface area (Å²) in [4.78, 5) is 9.30. The number of hydrogen-bond acceptors (Lipinski definition) is 8. The van der Waals surface area contributed by atoms with Crippen molar-refractivity contribution >= 4 is 11.3 Å². The van der Waals surface area contributed by atoms with Gasteiger partial charge in [0, 0.05) is 6.20 Å². The van der Waals surface area contributed by atoms with E-state index in [-0.39, 0.29) is 22.9 Å². The summed E-state index contributed by atoms with van der Waals surface area (Å²) < 4.78 is 44.3. The normalized spacial score (nSPS) is 12.6. The molecule has 0 saturated carbocycles. The molecule has 5 heterocycles. The zero-order valence-electron chi connectivity index (χ0n) is 17.0. The van der Waals surface area contributed by atoms with Crippen LogP contribution >= 0.6 is 0 Å². The van der Waals surface area contributed by atoms with Crippen molar-refractivity contribution in [2.45, 2.75) is 12.4 Å². The molecular formula is C20H13F3N10O. The van der Waals surface area contributed by atoms with Crippen molar-refractivity contribution < 1.29 is 18.3 Å². The van der Waals surface area contributed by atoms with E-state index in [4.69, 9.17) is 0 Å². The standard InChI is InChI=1S/C20H13F3N10O/c21-20(22,23)17-14(10-29-32(17)16-11-25-15-3-1-2-6-31(15)16)19(34)30-13-7-12(8-24)18(26-9-13)33-27-4-5-28-33/h1-7,9-11,19,30,34H. The lowest BCUT2D eigenvalue weighted by Gasteiger charge is -2.17. The molecule has 34 heavy (non-hydrogen) atoms. The highest BCUT2D eigenvalue weighted by Crippen LogP contribution is 2.36. The van der Waals surface area contributed by atoms with E-state index in [1.165, 1.54) is 35.3 Å². The number of aliphatic hydroxyl groups is 1. The van der Waals surface area contributed by atoms with Gasteiger partial charge < -0.3 is 10.4 Å². The molecule has 0 spiro atoms. The van der Waals surface area contributed by atoms with Crippen molar-refractivity contribution in [3.63, 3.8) is 0 Å².